The molecule has 1 N–H and O–H groups in total. The number of hydrogen-bond acceptors (Lipinski definition) is 4. The van der Waals surface area contributed by atoms with Crippen molar-refractivity contribution in [1.29, 1.82) is 0 Å². The minimum absolute atomic E-state index is 0.0552. The van der Waals surface area contributed by atoms with Gasteiger partial charge in [0.2, 0.25) is 10.0 Å². The molecular weight excluding hydrogens is 300 g/mol. The Morgan fingerprint density at radius 1 is 1.25 bits per heavy atom. The highest BCUT2D eigenvalue weighted by molar-refractivity contribution is 7.93. The largest absolute Gasteiger partial charge is 0.487 e. The standard InChI is InChI=1S/C13H15ClN2O3S/c14-12-2-1-3-13-11(12)8-10(9-19-13)20(17,18)16-6-4-15-5-7-16/h1-3,8,15H,4-7,9H2. The summed E-state index contributed by atoms with van der Waals surface area (Å²) in [5.41, 5.74) is 0.633. The van der Waals surface area contributed by atoms with Gasteiger partial charge in [0.05, 0.1) is 9.93 Å². The van der Waals surface area contributed by atoms with E-state index in [0.717, 1.165) is 0 Å². The topological polar surface area (TPSA) is 58.6 Å². The Morgan fingerprint density at radius 3 is 2.75 bits per heavy atom. The van der Waals surface area contributed by atoms with E-state index >= 15 is 0 Å². The van der Waals surface area contributed by atoms with Gasteiger partial charge in [0.25, 0.3) is 0 Å². The number of rotatable bonds is 2. The number of hydrogen-bond donors (Lipinski definition) is 1. The molecule has 0 spiro atoms. The van der Waals surface area contributed by atoms with Crippen LogP contribution >= 0.6 is 11.6 Å². The van der Waals surface area contributed by atoms with Crippen molar-refractivity contribution in [2.24, 2.45) is 0 Å². The highest BCUT2D eigenvalue weighted by Gasteiger charge is 2.30. The van der Waals surface area contributed by atoms with Gasteiger partial charge < -0.3 is 10.1 Å². The molecule has 5 nitrogen and oxygen atoms in total. The van der Waals surface area contributed by atoms with Crippen molar-refractivity contribution >= 4 is 27.7 Å². The quantitative estimate of drug-likeness (QED) is 0.894. The maximum Gasteiger partial charge on any atom is 0.242 e. The summed E-state index contributed by atoms with van der Waals surface area (Å²) in [6.07, 6.45) is 1.62. The predicted octanol–water partition coefficient (Wildman–Crippen LogP) is 1.31. The molecule has 0 aromatic heterocycles. The van der Waals surface area contributed by atoms with E-state index in [2.05, 4.69) is 5.32 Å². The molecule has 2 aliphatic rings. The van der Waals surface area contributed by atoms with E-state index < -0.39 is 10.0 Å². The van der Waals surface area contributed by atoms with Gasteiger partial charge in [0.15, 0.2) is 0 Å². The van der Waals surface area contributed by atoms with Crippen LogP contribution in [0.25, 0.3) is 6.08 Å². The van der Waals surface area contributed by atoms with E-state index in [1.54, 1.807) is 24.3 Å². The summed E-state index contributed by atoms with van der Waals surface area (Å²) in [6, 6.07) is 5.29. The van der Waals surface area contributed by atoms with Crippen LogP contribution in [0.4, 0.5) is 0 Å². The van der Waals surface area contributed by atoms with Gasteiger partial charge in [-0.15, -0.1) is 0 Å². The first kappa shape index (κ1) is 13.9. The Morgan fingerprint density at radius 2 is 2.00 bits per heavy atom. The van der Waals surface area contributed by atoms with Crippen LogP contribution in [0.3, 0.4) is 0 Å². The van der Waals surface area contributed by atoms with E-state index in [1.807, 2.05) is 0 Å². The first-order chi connectivity index (χ1) is 9.59. The molecule has 2 heterocycles. The Balaban J connectivity index is 1.97. The zero-order chi connectivity index (χ0) is 14.2. The molecule has 0 atom stereocenters. The number of nitrogens with zero attached hydrogens (tertiary/aromatic N) is 1. The van der Waals surface area contributed by atoms with E-state index in [-0.39, 0.29) is 11.5 Å². The minimum Gasteiger partial charge on any atom is -0.487 e. The average molecular weight is 315 g/mol. The smallest absolute Gasteiger partial charge is 0.242 e. The van der Waals surface area contributed by atoms with Gasteiger partial charge in [-0.05, 0) is 18.2 Å². The van der Waals surface area contributed by atoms with Crippen molar-refractivity contribution in [3.05, 3.63) is 33.7 Å². The van der Waals surface area contributed by atoms with E-state index in [4.69, 9.17) is 16.3 Å². The van der Waals surface area contributed by atoms with Crippen molar-refractivity contribution in [2.75, 3.05) is 32.8 Å². The maximum atomic E-state index is 12.6. The molecule has 0 amide bonds. The fraction of sp³-hybridized carbons (Fsp3) is 0.385. The van der Waals surface area contributed by atoms with Gasteiger partial charge in [0.1, 0.15) is 12.4 Å². The third-order valence-electron chi connectivity index (χ3n) is 3.44. The molecule has 1 aromatic carbocycles. The average Bonchev–Trinajstić information content (AvgIpc) is 2.48. The Labute approximate surface area is 123 Å². The Kier molecular flexibility index (Phi) is 3.72. The summed E-state index contributed by atoms with van der Waals surface area (Å²) in [6.45, 7) is 2.36. The van der Waals surface area contributed by atoms with Crippen LogP contribution in [0.1, 0.15) is 5.56 Å². The van der Waals surface area contributed by atoms with E-state index in [9.17, 15) is 8.42 Å². The van der Waals surface area contributed by atoms with Crippen LogP contribution in [-0.4, -0.2) is 45.5 Å². The summed E-state index contributed by atoms with van der Waals surface area (Å²) < 4.78 is 32.1. The summed E-state index contributed by atoms with van der Waals surface area (Å²) in [4.78, 5) is 0.264. The Bertz CT molecular complexity index is 652. The minimum atomic E-state index is -3.47. The number of sulfonamides is 1. The number of fused-ring (bicyclic) bond motifs is 1. The fourth-order valence-corrected chi connectivity index (χ4v) is 4.02. The molecule has 0 radical (unpaired) electrons. The SMILES string of the molecule is O=S(=O)(C1=Cc2c(Cl)cccc2OC1)N1CCNCC1. The molecule has 0 unspecified atom stereocenters. The second-order valence-electron chi connectivity index (χ2n) is 4.71. The lowest BCUT2D eigenvalue weighted by molar-refractivity contribution is 0.339. The van der Waals surface area contributed by atoms with Gasteiger partial charge in [-0.3, -0.25) is 0 Å². The van der Waals surface area contributed by atoms with Gasteiger partial charge in [-0.1, -0.05) is 17.7 Å². The van der Waals surface area contributed by atoms with Crippen LogP contribution in [-0.2, 0) is 10.0 Å². The van der Waals surface area contributed by atoms with Crippen LogP contribution in [0.5, 0.6) is 5.75 Å². The molecule has 1 fully saturated rings. The molecule has 1 aromatic rings. The van der Waals surface area contributed by atoms with E-state index in [1.165, 1.54) is 4.31 Å². The predicted molar refractivity (Wildman–Crippen MR) is 78.3 cm³/mol. The molecule has 1 saturated heterocycles. The lowest BCUT2D eigenvalue weighted by atomic mass is 10.1. The van der Waals surface area contributed by atoms with Crippen molar-refractivity contribution in [3.8, 4) is 5.75 Å². The van der Waals surface area contributed by atoms with Crippen molar-refractivity contribution in [3.63, 3.8) is 0 Å². The first-order valence-electron chi connectivity index (χ1n) is 6.42. The summed E-state index contributed by atoms with van der Waals surface area (Å²) in [5.74, 6) is 0.622. The summed E-state index contributed by atoms with van der Waals surface area (Å²) >= 11 is 6.10. The zero-order valence-electron chi connectivity index (χ0n) is 10.8. The van der Waals surface area contributed by atoms with Crippen LogP contribution in [0.2, 0.25) is 5.02 Å². The normalized spacial score (nSPS) is 19.9. The highest BCUT2D eigenvalue weighted by Crippen LogP contribution is 2.34. The third kappa shape index (κ3) is 2.44. The van der Waals surface area contributed by atoms with Gasteiger partial charge in [-0.2, -0.15) is 4.31 Å². The van der Waals surface area contributed by atoms with Crippen LogP contribution in [0, 0.1) is 0 Å². The van der Waals surface area contributed by atoms with Gasteiger partial charge in [-0.25, -0.2) is 8.42 Å². The zero-order valence-corrected chi connectivity index (χ0v) is 12.4. The molecule has 0 bridgehead atoms. The molecule has 108 valence electrons. The van der Waals surface area contributed by atoms with Gasteiger partial charge in [0, 0.05) is 31.7 Å². The second-order valence-corrected chi connectivity index (χ2v) is 7.10. The fourth-order valence-electron chi connectivity index (χ4n) is 2.33. The number of nitrogens with one attached hydrogen (secondary N) is 1. The van der Waals surface area contributed by atoms with E-state index in [0.29, 0.717) is 42.5 Å². The van der Waals surface area contributed by atoms with Crippen molar-refractivity contribution in [1.82, 2.24) is 9.62 Å². The third-order valence-corrected chi connectivity index (χ3v) is 5.71. The molecular formula is C13H15ClN2O3S. The van der Waals surface area contributed by atoms with Crippen LogP contribution in [0.15, 0.2) is 23.1 Å². The molecule has 7 heteroatoms. The first-order valence-corrected chi connectivity index (χ1v) is 8.23. The molecule has 20 heavy (non-hydrogen) atoms. The van der Waals surface area contributed by atoms with Gasteiger partial charge >= 0.3 is 0 Å². The Hall–Kier alpha value is -1.08. The summed E-state index contributed by atoms with van der Waals surface area (Å²) in [5, 5.41) is 3.63. The number of halogens is 1. The lowest BCUT2D eigenvalue weighted by Gasteiger charge is -2.29. The van der Waals surface area contributed by atoms with Crippen molar-refractivity contribution < 1.29 is 13.2 Å². The number of ether oxygens (including phenoxy) is 1. The molecule has 0 aliphatic carbocycles. The lowest BCUT2D eigenvalue weighted by Crippen LogP contribution is -2.47. The number of piperazine rings is 1. The maximum absolute atomic E-state index is 12.6. The molecule has 2 aliphatic heterocycles. The monoisotopic (exact) mass is 314 g/mol. The number of benzene rings is 1. The summed E-state index contributed by atoms with van der Waals surface area (Å²) in [7, 11) is -3.47. The van der Waals surface area contributed by atoms with Crippen LogP contribution < -0.4 is 10.1 Å². The highest BCUT2D eigenvalue weighted by atomic mass is 35.5. The molecule has 0 saturated carbocycles. The molecule has 3 rings (SSSR count). The van der Waals surface area contributed by atoms with Crippen molar-refractivity contribution in [2.45, 2.75) is 0 Å². The second kappa shape index (κ2) is 5.37.